The van der Waals surface area contributed by atoms with Crippen LogP contribution in [0.15, 0.2) is 109 Å². The summed E-state index contributed by atoms with van der Waals surface area (Å²) in [6.07, 6.45) is 0. The van der Waals surface area contributed by atoms with Crippen LogP contribution in [-0.4, -0.2) is 13.1 Å². The van der Waals surface area contributed by atoms with Crippen LogP contribution in [-0.2, 0) is 6.54 Å². The molecule has 0 atom stereocenters. The van der Waals surface area contributed by atoms with E-state index in [0.717, 1.165) is 19.6 Å². The summed E-state index contributed by atoms with van der Waals surface area (Å²) in [5.41, 5.74) is 5.03. The molecule has 0 spiro atoms. The summed E-state index contributed by atoms with van der Waals surface area (Å²) >= 11 is 0. The van der Waals surface area contributed by atoms with Gasteiger partial charge in [-0.25, -0.2) is 0 Å². The van der Waals surface area contributed by atoms with Crippen molar-refractivity contribution in [2.75, 3.05) is 18.4 Å². The molecule has 0 aliphatic carbocycles. The van der Waals surface area contributed by atoms with Crippen LogP contribution in [0, 0.1) is 0 Å². The third kappa shape index (κ3) is 4.03. The molecule has 0 radical (unpaired) electrons. The van der Waals surface area contributed by atoms with Gasteiger partial charge in [0.05, 0.1) is 5.69 Å². The third-order valence-corrected chi connectivity index (χ3v) is 5.77. The molecule has 2 nitrogen and oxygen atoms in total. The Bertz CT molecular complexity index is 1290. The zero-order chi connectivity index (χ0) is 20.9. The van der Waals surface area contributed by atoms with Crippen LogP contribution in [0.5, 0.6) is 0 Å². The Morgan fingerprint density at radius 3 is 1.74 bits per heavy atom. The minimum Gasteiger partial charge on any atom is -0.383 e. The first-order valence-corrected chi connectivity index (χ1v) is 10.9. The van der Waals surface area contributed by atoms with Crippen molar-refractivity contribution in [1.82, 2.24) is 5.32 Å². The maximum absolute atomic E-state index is 3.77. The molecule has 5 aromatic carbocycles. The summed E-state index contributed by atoms with van der Waals surface area (Å²) in [6.45, 7) is 2.63. The van der Waals surface area contributed by atoms with Crippen molar-refractivity contribution >= 4 is 27.2 Å². The van der Waals surface area contributed by atoms with Crippen molar-refractivity contribution in [2.24, 2.45) is 0 Å². The number of fused-ring (bicyclic) bond motifs is 3. The van der Waals surface area contributed by atoms with Gasteiger partial charge in [-0.05, 0) is 27.3 Å². The zero-order valence-corrected chi connectivity index (χ0v) is 17.5. The predicted molar refractivity (Wildman–Crippen MR) is 134 cm³/mol. The van der Waals surface area contributed by atoms with Crippen molar-refractivity contribution in [3.63, 3.8) is 0 Å². The lowest BCUT2D eigenvalue weighted by molar-refractivity contribution is 0.707. The molecule has 2 N–H and O–H groups in total. The van der Waals surface area contributed by atoms with E-state index in [1.54, 1.807) is 0 Å². The number of benzene rings is 5. The van der Waals surface area contributed by atoms with E-state index in [-0.39, 0.29) is 0 Å². The van der Waals surface area contributed by atoms with Crippen LogP contribution in [0.4, 0.5) is 5.69 Å². The molecule has 0 saturated carbocycles. The Morgan fingerprint density at radius 1 is 0.484 bits per heavy atom. The SMILES string of the molecule is c1ccc(CNCCNc2c(-c3ccccc3)c3ccccc3c3ccccc23)cc1. The van der Waals surface area contributed by atoms with E-state index in [1.165, 1.54) is 43.9 Å². The number of nitrogens with one attached hydrogen (secondary N) is 2. The number of rotatable bonds is 7. The molecule has 5 aromatic rings. The Labute approximate surface area is 183 Å². The second-order valence-corrected chi connectivity index (χ2v) is 7.80. The standard InChI is InChI=1S/C29H26N2/c1-3-11-22(12-4-1)21-30-19-20-31-29-27-18-10-8-16-25(27)24-15-7-9-17-26(24)28(29)23-13-5-2-6-14-23/h1-18,30-31H,19-21H2. The molecular weight excluding hydrogens is 376 g/mol. The van der Waals surface area contributed by atoms with E-state index in [1.807, 2.05) is 0 Å². The summed E-state index contributed by atoms with van der Waals surface area (Å²) in [4.78, 5) is 0. The van der Waals surface area contributed by atoms with Gasteiger partial charge >= 0.3 is 0 Å². The first-order chi connectivity index (χ1) is 15.4. The van der Waals surface area contributed by atoms with Crippen molar-refractivity contribution in [3.05, 3.63) is 115 Å². The predicted octanol–water partition coefficient (Wildman–Crippen LogP) is 6.86. The zero-order valence-electron chi connectivity index (χ0n) is 17.5. The van der Waals surface area contributed by atoms with Crippen molar-refractivity contribution in [1.29, 1.82) is 0 Å². The minimum atomic E-state index is 0.856. The maximum Gasteiger partial charge on any atom is 0.0506 e. The lowest BCUT2D eigenvalue weighted by atomic mass is 9.91. The summed E-state index contributed by atoms with van der Waals surface area (Å²) in [7, 11) is 0. The van der Waals surface area contributed by atoms with E-state index < -0.39 is 0 Å². The maximum atomic E-state index is 3.77. The smallest absolute Gasteiger partial charge is 0.0506 e. The summed E-state index contributed by atoms with van der Waals surface area (Å²) in [6, 6.07) is 38.7. The molecule has 0 aromatic heterocycles. The molecule has 0 heterocycles. The van der Waals surface area contributed by atoms with Crippen molar-refractivity contribution in [3.8, 4) is 11.1 Å². The van der Waals surface area contributed by atoms with Gasteiger partial charge < -0.3 is 10.6 Å². The highest BCUT2D eigenvalue weighted by Gasteiger charge is 2.15. The third-order valence-electron chi connectivity index (χ3n) is 5.77. The normalized spacial score (nSPS) is 11.1. The van der Waals surface area contributed by atoms with Crippen LogP contribution < -0.4 is 10.6 Å². The van der Waals surface area contributed by atoms with Crippen molar-refractivity contribution in [2.45, 2.75) is 6.54 Å². The largest absolute Gasteiger partial charge is 0.383 e. The van der Waals surface area contributed by atoms with Crippen LogP contribution in [0.3, 0.4) is 0 Å². The summed E-state index contributed by atoms with van der Waals surface area (Å²) in [5.74, 6) is 0. The average molecular weight is 403 g/mol. The highest BCUT2D eigenvalue weighted by Crippen LogP contribution is 2.42. The highest BCUT2D eigenvalue weighted by molar-refractivity contribution is 6.20. The van der Waals surface area contributed by atoms with Gasteiger partial charge in [-0.1, -0.05) is 109 Å². The average Bonchev–Trinajstić information content (AvgIpc) is 2.85. The lowest BCUT2D eigenvalue weighted by Crippen LogP contribution is -2.22. The van der Waals surface area contributed by atoms with Crippen LogP contribution in [0.25, 0.3) is 32.7 Å². The Hall–Kier alpha value is -3.62. The second kappa shape index (κ2) is 9.03. The van der Waals surface area contributed by atoms with Gasteiger partial charge in [-0.15, -0.1) is 0 Å². The molecule has 0 amide bonds. The topological polar surface area (TPSA) is 24.1 Å². The Morgan fingerprint density at radius 2 is 1.03 bits per heavy atom. The van der Waals surface area contributed by atoms with Gasteiger partial charge in [-0.3, -0.25) is 0 Å². The lowest BCUT2D eigenvalue weighted by Gasteiger charge is -2.19. The molecule has 5 rings (SSSR count). The monoisotopic (exact) mass is 402 g/mol. The molecule has 0 saturated heterocycles. The summed E-state index contributed by atoms with van der Waals surface area (Å²) in [5, 5.41) is 12.5. The van der Waals surface area contributed by atoms with Gasteiger partial charge in [0.2, 0.25) is 0 Å². The van der Waals surface area contributed by atoms with Gasteiger partial charge in [-0.2, -0.15) is 0 Å². The molecule has 0 fully saturated rings. The van der Waals surface area contributed by atoms with E-state index >= 15 is 0 Å². The molecule has 0 unspecified atom stereocenters. The molecule has 0 aliphatic rings. The molecule has 0 aliphatic heterocycles. The minimum absolute atomic E-state index is 0.856. The van der Waals surface area contributed by atoms with Gasteiger partial charge in [0.1, 0.15) is 0 Å². The summed E-state index contributed by atoms with van der Waals surface area (Å²) < 4.78 is 0. The fourth-order valence-electron chi connectivity index (χ4n) is 4.33. The van der Waals surface area contributed by atoms with Crippen LogP contribution in [0.2, 0.25) is 0 Å². The van der Waals surface area contributed by atoms with Gasteiger partial charge in [0, 0.05) is 30.6 Å². The highest BCUT2D eigenvalue weighted by atomic mass is 14.9. The molecule has 0 bridgehead atoms. The van der Waals surface area contributed by atoms with Gasteiger partial charge in [0.25, 0.3) is 0 Å². The van der Waals surface area contributed by atoms with Crippen LogP contribution >= 0.6 is 0 Å². The van der Waals surface area contributed by atoms with E-state index in [4.69, 9.17) is 0 Å². The second-order valence-electron chi connectivity index (χ2n) is 7.80. The first kappa shape index (κ1) is 19.3. The number of hydrogen-bond acceptors (Lipinski definition) is 2. The quantitative estimate of drug-likeness (QED) is 0.229. The molecule has 2 heteroatoms. The van der Waals surface area contributed by atoms with Gasteiger partial charge in [0.15, 0.2) is 0 Å². The van der Waals surface area contributed by atoms with Crippen LogP contribution in [0.1, 0.15) is 5.56 Å². The number of hydrogen-bond donors (Lipinski definition) is 2. The Balaban J connectivity index is 1.51. The fraction of sp³-hybridized carbons (Fsp3) is 0.103. The fourth-order valence-corrected chi connectivity index (χ4v) is 4.33. The molecular formula is C29H26N2. The van der Waals surface area contributed by atoms with Crippen molar-refractivity contribution < 1.29 is 0 Å². The van der Waals surface area contributed by atoms with E-state index in [9.17, 15) is 0 Å². The van der Waals surface area contributed by atoms with E-state index in [0.29, 0.717) is 0 Å². The first-order valence-electron chi connectivity index (χ1n) is 10.9. The van der Waals surface area contributed by atoms with E-state index in [2.05, 4.69) is 120 Å². The number of anilines is 1. The Kier molecular flexibility index (Phi) is 5.64. The molecule has 31 heavy (non-hydrogen) atoms. The molecule has 152 valence electrons.